The maximum Gasteiger partial charge on any atom is 0.241 e. The molecule has 1 aromatic heterocycles. The number of benzene rings is 1. The molecule has 0 aliphatic carbocycles. The number of carbonyl (C=O) groups is 1. The summed E-state index contributed by atoms with van der Waals surface area (Å²) in [6.07, 6.45) is 2.51. The Labute approximate surface area is 173 Å². The van der Waals surface area contributed by atoms with Gasteiger partial charge in [-0.2, -0.15) is 4.31 Å². The first-order valence-electron chi connectivity index (χ1n) is 9.32. The highest BCUT2D eigenvalue weighted by Crippen LogP contribution is 2.34. The molecule has 28 heavy (non-hydrogen) atoms. The molecule has 4 rings (SSSR count). The lowest BCUT2D eigenvalue weighted by molar-refractivity contribution is -0.134. The fourth-order valence-electron chi connectivity index (χ4n) is 3.94. The van der Waals surface area contributed by atoms with Gasteiger partial charge in [0.25, 0.3) is 0 Å². The van der Waals surface area contributed by atoms with E-state index in [1.807, 2.05) is 19.1 Å². The Morgan fingerprint density at radius 3 is 2.61 bits per heavy atom. The second-order valence-electron chi connectivity index (χ2n) is 7.36. The Bertz CT molecular complexity index is 1020. The Kier molecular flexibility index (Phi) is 5.28. The number of hydrogen-bond acceptors (Lipinski definition) is 6. The largest absolute Gasteiger partial charge is 0.345 e. The molecule has 1 atom stereocenters. The summed E-state index contributed by atoms with van der Waals surface area (Å²) in [4.78, 5) is 21.6. The first kappa shape index (κ1) is 19.9. The van der Waals surface area contributed by atoms with E-state index < -0.39 is 16.1 Å². The SMILES string of the molecule is Cc1c(Cl)ccc2sc(N3CCN(C(=O)C4CCCN4S(C)(=O)=O)CC3)nc12. The molecule has 0 radical (unpaired) electrons. The number of nitrogens with zero attached hydrogens (tertiary/aromatic N) is 4. The van der Waals surface area contributed by atoms with Crippen molar-refractivity contribution in [2.75, 3.05) is 43.9 Å². The highest BCUT2D eigenvalue weighted by molar-refractivity contribution is 7.88. The van der Waals surface area contributed by atoms with E-state index in [9.17, 15) is 13.2 Å². The molecule has 3 heterocycles. The summed E-state index contributed by atoms with van der Waals surface area (Å²) in [5.41, 5.74) is 1.92. The Hall–Kier alpha value is -1.42. The van der Waals surface area contributed by atoms with Crippen molar-refractivity contribution in [2.45, 2.75) is 25.8 Å². The number of thiazole rings is 1. The second kappa shape index (κ2) is 7.44. The quantitative estimate of drug-likeness (QED) is 0.729. The van der Waals surface area contributed by atoms with Crippen LogP contribution >= 0.6 is 22.9 Å². The molecular weight excluding hydrogens is 420 g/mol. The van der Waals surface area contributed by atoms with Crippen molar-refractivity contribution in [1.82, 2.24) is 14.2 Å². The second-order valence-corrected chi connectivity index (χ2v) is 10.7. The van der Waals surface area contributed by atoms with Gasteiger partial charge in [-0.15, -0.1) is 0 Å². The van der Waals surface area contributed by atoms with Crippen molar-refractivity contribution in [3.8, 4) is 0 Å². The fourth-order valence-corrected chi connectivity index (χ4v) is 6.28. The van der Waals surface area contributed by atoms with Crippen molar-refractivity contribution in [1.29, 1.82) is 0 Å². The van der Waals surface area contributed by atoms with Crippen LogP contribution in [0.1, 0.15) is 18.4 Å². The van der Waals surface area contributed by atoms with Crippen LogP contribution in [-0.2, 0) is 14.8 Å². The summed E-state index contributed by atoms with van der Waals surface area (Å²) in [5, 5.41) is 1.65. The van der Waals surface area contributed by atoms with E-state index in [0.717, 1.165) is 27.3 Å². The number of amides is 1. The van der Waals surface area contributed by atoms with Crippen LogP contribution in [0, 0.1) is 6.92 Å². The van der Waals surface area contributed by atoms with E-state index in [1.54, 1.807) is 16.2 Å². The summed E-state index contributed by atoms with van der Waals surface area (Å²) < 4.78 is 26.3. The molecule has 2 fully saturated rings. The van der Waals surface area contributed by atoms with Gasteiger partial charge in [0.05, 0.1) is 16.5 Å². The van der Waals surface area contributed by atoms with E-state index in [2.05, 4.69) is 4.90 Å². The molecule has 1 unspecified atom stereocenters. The van der Waals surface area contributed by atoms with Crippen LogP contribution < -0.4 is 4.90 Å². The number of halogens is 1. The summed E-state index contributed by atoms with van der Waals surface area (Å²) in [5.74, 6) is -0.0745. The summed E-state index contributed by atoms with van der Waals surface area (Å²) in [7, 11) is -3.36. The molecule has 0 bridgehead atoms. The molecule has 10 heteroatoms. The lowest BCUT2D eigenvalue weighted by Crippen LogP contribution is -2.54. The number of carbonyl (C=O) groups excluding carboxylic acids is 1. The van der Waals surface area contributed by atoms with E-state index in [-0.39, 0.29) is 5.91 Å². The van der Waals surface area contributed by atoms with Crippen LogP contribution in [0.4, 0.5) is 5.13 Å². The maximum atomic E-state index is 12.9. The minimum absolute atomic E-state index is 0.0745. The van der Waals surface area contributed by atoms with Crippen LogP contribution in [0.15, 0.2) is 12.1 Å². The number of sulfonamides is 1. The normalized spacial score (nSPS) is 21.6. The third-order valence-electron chi connectivity index (χ3n) is 5.51. The lowest BCUT2D eigenvalue weighted by atomic mass is 10.2. The molecule has 1 amide bonds. The van der Waals surface area contributed by atoms with E-state index in [1.165, 1.54) is 10.6 Å². The molecule has 2 aliphatic rings. The summed E-state index contributed by atoms with van der Waals surface area (Å²) in [6, 6.07) is 3.34. The van der Waals surface area contributed by atoms with Crippen molar-refractivity contribution < 1.29 is 13.2 Å². The van der Waals surface area contributed by atoms with Gasteiger partial charge >= 0.3 is 0 Å². The van der Waals surface area contributed by atoms with Crippen LogP contribution in [0.3, 0.4) is 0 Å². The molecule has 7 nitrogen and oxygen atoms in total. The van der Waals surface area contributed by atoms with Gasteiger partial charge in [0.2, 0.25) is 15.9 Å². The lowest BCUT2D eigenvalue weighted by Gasteiger charge is -2.36. The van der Waals surface area contributed by atoms with Gasteiger partial charge in [0, 0.05) is 37.7 Å². The number of fused-ring (bicyclic) bond motifs is 1. The van der Waals surface area contributed by atoms with Crippen LogP contribution in [-0.4, -0.2) is 73.5 Å². The molecule has 2 aliphatic heterocycles. The zero-order valence-electron chi connectivity index (χ0n) is 15.9. The first-order valence-corrected chi connectivity index (χ1v) is 12.4. The smallest absolute Gasteiger partial charge is 0.241 e. The van der Waals surface area contributed by atoms with Crippen LogP contribution in [0.2, 0.25) is 5.02 Å². The monoisotopic (exact) mass is 442 g/mol. The Balaban J connectivity index is 1.45. The van der Waals surface area contributed by atoms with E-state index in [0.29, 0.717) is 44.2 Å². The highest BCUT2D eigenvalue weighted by atomic mass is 35.5. The molecule has 0 N–H and O–H groups in total. The van der Waals surface area contributed by atoms with Gasteiger partial charge < -0.3 is 9.80 Å². The van der Waals surface area contributed by atoms with Gasteiger partial charge in [-0.25, -0.2) is 13.4 Å². The topological polar surface area (TPSA) is 73.8 Å². The highest BCUT2D eigenvalue weighted by Gasteiger charge is 2.39. The van der Waals surface area contributed by atoms with Gasteiger partial charge in [-0.1, -0.05) is 22.9 Å². The standard InChI is InChI=1S/C18H23ClN4O3S2/c1-12-13(19)5-6-15-16(12)20-18(27-15)22-10-8-21(9-11-22)17(24)14-4-3-7-23(14)28(2,25)26/h5-6,14H,3-4,7-11H2,1-2H3. The zero-order chi connectivity index (χ0) is 20.1. The number of hydrogen-bond donors (Lipinski definition) is 0. The number of anilines is 1. The zero-order valence-corrected chi connectivity index (χ0v) is 18.3. The van der Waals surface area contributed by atoms with Crippen LogP contribution in [0.5, 0.6) is 0 Å². The third-order valence-corrected chi connectivity index (χ3v) is 8.29. The molecule has 0 saturated carbocycles. The Morgan fingerprint density at radius 1 is 1.21 bits per heavy atom. The maximum absolute atomic E-state index is 12.9. The molecule has 0 spiro atoms. The molecule has 2 aromatic rings. The molecule has 1 aromatic carbocycles. The van der Waals surface area contributed by atoms with E-state index >= 15 is 0 Å². The summed E-state index contributed by atoms with van der Waals surface area (Å²) in [6.45, 7) is 4.92. The van der Waals surface area contributed by atoms with Crippen molar-refractivity contribution in [3.63, 3.8) is 0 Å². The molecule has 152 valence electrons. The van der Waals surface area contributed by atoms with Crippen molar-refractivity contribution in [3.05, 3.63) is 22.7 Å². The predicted octanol–water partition coefficient (Wildman–Crippen LogP) is 2.33. The van der Waals surface area contributed by atoms with Gasteiger partial charge in [-0.05, 0) is 37.5 Å². The minimum Gasteiger partial charge on any atom is -0.345 e. The third kappa shape index (κ3) is 3.60. The number of aromatic nitrogens is 1. The van der Waals surface area contributed by atoms with Gasteiger partial charge in [0.1, 0.15) is 6.04 Å². The molecule has 2 saturated heterocycles. The number of aryl methyl sites for hydroxylation is 1. The van der Waals surface area contributed by atoms with Crippen LogP contribution in [0.25, 0.3) is 10.2 Å². The van der Waals surface area contributed by atoms with Crippen molar-refractivity contribution in [2.24, 2.45) is 0 Å². The Morgan fingerprint density at radius 2 is 1.93 bits per heavy atom. The number of piperazine rings is 1. The molecular formula is C18H23ClN4O3S2. The predicted molar refractivity (Wildman–Crippen MR) is 113 cm³/mol. The minimum atomic E-state index is -3.36. The van der Waals surface area contributed by atoms with Gasteiger partial charge in [-0.3, -0.25) is 4.79 Å². The van der Waals surface area contributed by atoms with Crippen molar-refractivity contribution >= 4 is 54.2 Å². The van der Waals surface area contributed by atoms with E-state index in [4.69, 9.17) is 16.6 Å². The number of rotatable bonds is 3. The average Bonchev–Trinajstić information content (AvgIpc) is 3.31. The van der Waals surface area contributed by atoms with Gasteiger partial charge in [0.15, 0.2) is 5.13 Å². The average molecular weight is 443 g/mol. The fraction of sp³-hybridized carbons (Fsp3) is 0.556. The summed E-state index contributed by atoms with van der Waals surface area (Å²) >= 11 is 7.83. The first-order chi connectivity index (χ1) is 13.3.